The molecule has 0 heterocycles. The Balaban J connectivity index is 1.70. The third kappa shape index (κ3) is 4.10. The van der Waals surface area contributed by atoms with Gasteiger partial charge in [-0.2, -0.15) is 0 Å². The largest absolute Gasteiger partial charge is 0.507 e. The summed E-state index contributed by atoms with van der Waals surface area (Å²) in [6.07, 6.45) is 8.58. The van der Waals surface area contributed by atoms with Crippen LogP contribution < -0.4 is 4.72 Å². The van der Waals surface area contributed by atoms with Crippen LogP contribution in [0.2, 0.25) is 0 Å². The number of benzene rings is 1. The molecule has 142 valence electrons. The number of rotatable bonds is 8. The molecule has 3 rings (SSSR count). The van der Waals surface area contributed by atoms with Crippen LogP contribution in [0.5, 0.6) is 5.75 Å². The molecule has 4 atom stereocenters. The standard InChI is InChI=1S/C19H25NO5S/c21-16-7-4-5-8-17(16)26(24,25)20-19-14-11-10-13(12-14)15(19)6-2-1-3-9-18(22)23/h2,4-8,13-15,19-21H,1,3,9-12H2,(H,22,23)/b6-2-/t13-,14+,15+,19+/m1/s1. The highest BCUT2D eigenvalue weighted by Crippen LogP contribution is 2.49. The third-order valence-electron chi connectivity index (χ3n) is 5.55. The number of hydrogen-bond donors (Lipinski definition) is 3. The minimum Gasteiger partial charge on any atom is -0.507 e. The Hall–Kier alpha value is -1.86. The lowest BCUT2D eigenvalue weighted by molar-refractivity contribution is -0.137. The third-order valence-corrected chi connectivity index (χ3v) is 7.05. The molecule has 2 saturated carbocycles. The summed E-state index contributed by atoms with van der Waals surface area (Å²) in [5.41, 5.74) is 0. The first-order chi connectivity index (χ1) is 12.4. The lowest BCUT2D eigenvalue weighted by atomic mass is 9.84. The van der Waals surface area contributed by atoms with E-state index in [9.17, 15) is 18.3 Å². The van der Waals surface area contributed by atoms with Crippen LogP contribution in [0.15, 0.2) is 41.3 Å². The first kappa shape index (κ1) is 18.9. The molecule has 2 bridgehead atoms. The molecule has 0 amide bonds. The van der Waals surface area contributed by atoms with Crippen molar-refractivity contribution in [3.8, 4) is 5.75 Å². The molecule has 2 aliphatic rings. The molecular formula is C19H25NO5S. The van der Waals surface area contributed by atoms with Gasteiger partial charge in [-0.15, -0.1) is 0 Å². The van der Waals surface area contributed by atoms with E-state index in [0.29, 0.717) is 24.7 Å². The number of aliphatic carboxylic acids is 1. The van der Waals surface area contributed by atoms with Gasteiger partial charge in [0.05, 0.1) is 0 Å². The van der Waals surface area contributed by atoms with Gasteiger partial charge in [0, 0.05) is 12.5 Å². The quantitative estimate of drug-likeness (QED) is 0.476. The number of para-hydroxylation sites is 1. The molecule has 6 nitrogen and oxygen atoms in total. The fraction of sp³-hybridized carbons (Fsp3) is 0.526. The van der Waals surface area contributed by atoms with E-state index in [0.717, 1.165) is 19.3 Å². The predicted molar refractivity (Wildman–Crippen MR) is 97.2 cm³/mol. The maximum Gasteiger partial charge on any atom is 0.303 e. The zero-order valence-corrected chi connectivity index (χ0v) is 15.4. The highest BCUT2D eigenvalue weighted by atomic mass is 32.2. The Labute approximate surface area is 154 Å². The number of allylic oxidation sites excluding steroid dienone is 1. The number of phenols is 1. The van der Waals surface area contributed by atoms with Crippen molar-refractivity contribution >= 4 is 16.0 Å². The van der Waals surface area contributed by atoms with Gasteiger partial charge in [-0.1, -0.05) is 24.3 Å². The predicted octanol–water partition coefficient (Wildman–Crippen LogP) is 2.90. The topological polar surface area (TPSA) is 104 Å². The Morgan fingerprint density at radius 2 is 1.96 bits per heavy atom. The summed E-state index contributed by atoms with van der Waals surface area (Å²) in [5.74, 6) is -0.142. The van der Waals surface area contributed by atoms with Crippen LogP contribution in [0.25, 0.3) is 0 Å². The van der Waals surface area contributed by atoms with E-state index >= 15 is 0 Å². The van der Waals surface area contributed by atoms with Crippen LogP contribution in [0.4, 0.5) is 0 Å². The van der Waals surface area contributed by atoms with Crippen molar-refractivity contribution in [1.29, 1.82) is 0 Å². The van der Waals surface area contributed by atoms with Crippen LogP contribution in [-0.2, 0) is 14.8 Å². The zero-order chi connectivity index (χ0) is 18.7. The van der Waals surface area contributed by atoms with Gasteiger partial charge in [-0.05, 0) is 62.0 Å². The number of fused-ring (bicyclic) bond motifs is 2. The highest BCUT2D eigenvalue weighted by molar-refractivity contribution is 7.89. The average Bonchev–Trinajstić information content (AvgIpc) is 3.16. The zero-order valence-electron chi connectivity index (χ0n) is 14.5. The number of nitrogens with one attached hydrogen (secondary N) is 1. The molecule has 1 aromatic rings. The Kier molecular flexibility index (Phi) is 5.67. The summed E-state index contributed by atoms with van der Waals surface area (Å²) in [6, 6.07) is 5.79. The molecule has 1 aromatic carbocycles. The van der Waals surface area contributed by atoms with Gasteiger partial charge >= 0.3 is 5.97 Å². The second kappa shape index (κ2) is 7.80. The molecule has 0 unspecified atom stereocenters. The Morgan fingerprint density at radius 3 is 2.69 bits per heavy atom. The van der Waals surface area contributed by atoms with Crippen molar-refractivity contribution in [1.82, 2.24) is 4.72 Å². The number of unbranched alkanes of at least 4 members (excludes halogenated alkanes) is 1. The van der Waals surface area contributed by atoms with Crippen molar-refractivity contribution in [2.24, 2.45) is 17.8 Å². The molecule has 0 saturated heterocycles. The summed E-state index contributed by atoms with van der Waals surface area (Å²) in [7, 11) is -3.79. The van der Waals surface area contributed by atoms with E-state index < -0.39 is 16.0 Å². The first-order valence-electron chi connectivity index (χ1n) is 9.07. The Bertz CT molecular complexity index is 789. The number of hydrogen-bond acceptors (Lipinski definition) is 4. The molecule has 2 aliphatic carbocycles. The van der Waals surface area contributed by atoms with Crippen molar-refractivity contribution in [3.05, 3.63) is 36.4 Å². The van der Waals surface area contributed by atoms with Crippen LogP contribution in [-0.4, -0.2) is 30.6 Å². The van der Waals surface area contributed by atoms with Crippen molar-refractivity contribution in [3.63, 3.8) is 0 Å². The molecule has 0 spiro atoms. The maximum atomic E-state index is 12.7. The number of aromatic hydroxyl groups is 1. The number of carbonyl (C=O) groups is 1. The fourth-order valence-electron chi connectivity index (χ4n) is 4.34. The second-order valence-corrected chi connectivity index (χ2v) is 8.92. The van der Waals surface area contributed by atoms with Gasteiger partial charge in [0.2, 0.25) is 10.0 Å². The summed E-state index contributed by atoms with van der Waals surface area (Å²) in [4.78, 5) is 10.5. The van der Waals surface area contributed by atoms with Gasteiger partial charge in [0.15, 0.2) is 0 Å². The number of sulfonamides is 1. The number of phenolic OH excluding ortho intramolecular Hbond substituents is 1. The van der Waals surface area contributed by atoms with Crippen molar-refractivity contribution in [2.75, 3.05) is 0 Å². The summed E-state index contributed by atoms with van der Waals surface area (Å²) in [5, 5.41) is 18.6. The summed E-state index contributed by atoms with van der Waals surface area (Å²) in [6.45, 7) is 0. The van der Waals surface area contributed by atoms with E-state index in [1.54, 1.807) is 12.1 Å². The molecule has 0 aliphatic heterocycles. The average molecular weight is 379 g/mol. The van der Waals surface area contributed by atoms with Crippen molar-refractivity contribution in [2.45, 2.75) is 49.5 Å². The molecular weight excluding hydrogens is 354 g/mol. The van der Waals surface area contributed by atoms with Crippen LogP contribution in [0.1, 0.15) is 38.5 Å². The first-order valence-corrected chi connectivity index (χ1v) is 10.6. The van der Waals surface area contributed by atoms with E-state index in [-0.39, 0.29) is 29.0 Å². The van der Waals surface area contributed by atoms with E-state index in [4.69, 9.17) is 5.11 Å². The van der Waals surface area contributed by atoms with Gasteiger partial charge < -0.3 is 10.2 Å². The molecule has 7 heteroatoms. The highest BCUT2D eigenvalue weighted by Gasteiger charge is 2.47. The van der Waals surface area contributed by atoms with Gasteiger partial charge in [0.1, 0.15) is 10.6 Å². The lowest BCUT2D eigenvalue weighted by Gasteiger charge is -2.29. The van der Waals surface area contributed by atoms with Gasteiger partial charge in [-0.25, -0.2) is 13.1 Å². The molecule has 26 heavy (non-hydrogen) atoms. The molecule has 0 aromatic heterocycles. The van der Waals surface area contributed by atoms with Crippen LogP contribution in [0, 0.1) is 17.8 Å². The van der Waals surface area contributed by atoms with Crippen molar-refractivity contribution < 1.29 is 23.4 Å². The fourth-order valence-corrected chi connectivity index (χ4v) is 5.78. The minimum absolute atomic E-state index is 0.0908. The molecule has 2 fully saturated rings. The number of carboxylic acids is 1. The summed E-state index contributed by atoms with van der Waals surface area (Å²) < 4.78 is 28.3. The SMILES string of the molecule is O=C(O)CCC/C=C\[C@H]1[C@@H]2CC[C@@H](C2)[C@@H]1NS(=O)(=O)c1ccccc1O. The molecule has 3 N–H and O–H groups in total. The van der Waals surface area contributed by atoms with E-state index in [2.05, 4.69) is 10.8 Å². The molecule has 0 radical (unpaired) electrons. The minimum atomic E-state index is -3.79. The van der Waals surface area contributed by atoms with E-state index in [1.165, 1.54) is 12.1 Å². The second-order valence-electron chi connectivity index (χ2n) is 7.24. The number of carboxylic acid groups (broad SMARTS) is 1. The smallest absolute Gasteiger partial charge is 0.303 e. The van der Waals surface area contributed by atoms with Crippen LogP contribution >= 0.6 is 0 Å². The maximum absolute atomic E-state index is 12.7. The summed E-state index contributed by atoms with van der Waals surface area (Å²) >= 11 is 0. The van der Waals surface area contributed by atoms with E-state index in [1.807, 2.05) is 6.08 Å². The van der Waals surface area contributed by atoms with Crippen LogP contribution in [0.3, 0.4) is 0 Å². The van der Waals surface area contributed by atoms with Gasteiger partial charge in [0.25, 0.3) is 0 Å². The Morgan fingerprint density at radius 1 is 1.23 bits per heavy atom. The normalized spacial score (nSPS) is 28.0. The lowest BCUT2D eigenvalue weighted by Crippen LogP contribution is -2.43. The monoisotopic (exact) mass is 379 g/mol. The van der Waals surface area contributed by atoms with Gasteiger partial charge in [-0.3, -0.25) is 4.79 Å².